The van der Waals surface area contributed by atoms with E-state index in [1.54, 1.807) is 24.3 Å². The van der Waals surface area contributed by atoms with Crippen molar-refractivity contribution in [2.24, 2.45) is 5.92 Å². The second-order valence-electron chi connectivity index (χ2n) is 7.63. The molecular formula is C23H25NO5. The lowest BCUT2D eigenvalue weighted by Gasteiger charge is -2.35. The zero-order valence-electron chi connectivity index (χ0n) is 17.1. The second-order valence-corrected chi connectivity index (χ2v) is 7.63. The van der Waals surface area contributed by atoms with Crippen molar-refractivity contribution in [3.8, 4) is 5.75 Å². The van der Waals surface area contributed by atoms with E-state index in [1.807, 2.05) is 33.8 Å². The van der Waals surface area contributed by atoms with Crippen LogP contribution < -0.4 is 4.74 Å². The van der Waals surface area contributed by atoms with Crippen LogP contribution in [0.2, 0.25) is 0 Å². The Morgan fingerprint density at radius 2 is 1.72 bits per heavy atom. The zero-order valence-corrected chi connectivity index (χ0v) is 17.1. The number of hydrogen-bond donors (Lipinski definition) is 0. The molecule has 1 aliphatic rings. The van der Waals surface area contributed by atoms with Gasteiger partial charge in [-0.3, -0.25) is 14.5 Å². The first kappa shape index (κ1) is 20.6. The van der Waals surface area contributed by atoms with Crippen molar-refractivity contribution in [2.75, 3.05) is 6.61 Å². The lowest BCUT2D eigenvalue weighted by Crippen LogP contribution is -2.51. The van der Waals surface area contributed by atoms with Crippen LogP contribution in [0.4, 0.5) is 0 Å². The van der Waals surface area contributed by atoms with Crippen LogP contribution in [0.15, 0.2) is 43.0 Å². The third-order valence-corrected chi connectivity index (χ3v) is 4.93. The molecule has 3 rings (SSSR count). The number of carbonyl (C=O) groups excluding carboxylic acids is 3. The Morgan fingerprint density at radius 1 is 1.07 bits per heavy atom. The maximum absolute atomic E-state index is 13.3. The highest BCUT2D eigenvalue weighted by Crippen LogP contribution is 2.37. The molecule has 6 heteroatoms. The highest BCUT2D eigenvalue weighted by atomic mass is 16.5. The Balaban J connectivity index is 2.08. The average Bonchev–Trinajstić information content (AvgIpc) is 2.68. The van der Waals surface area contributed by atoms with E-state index in [-0.39, 0.29) is 18.6 Å². The van der Waals surface area contributed by atoms with E-state index >= 15 is 0 Å². The first-order chi connectivity index (χ1) is 13.8. The van der Waals surface area contributed by atoms with Gasteiger partial charge >= 0.3 is 5.97 Å². The van der Waals surface area contributed by atoms with Gasteiger partial charge in [0.1, 0.15) is 12.4 Å². The Bertz CT molecular complexity index is 970. The van der Waals surface area contributed by atoms with Crippen molar-refractivity contribution < 1.29 is 23.9 Å². The molecule has 0 saturated carbocycles. The fourth-order valence-electron chi connectivity index (χ4n) is 3.54. The molecule has 2 amide bonds. The largest absolute Gasteiger partial charge is 0.490 e. The van der Waals surface area contributed by atoms with Gasteiger partial charge in [-0.2, -0.15) is 0 Å². The van der Waals surface area contributed by atoms with Crippen LogP contribution in [-0.2, 0) is 9.53 Å². The smallest absolute Gasteiger partial charge is 0.330 e. The number of carbonyl (C=O) groups is 3. The molecule has 29 heavy (non-hydrogen) atoms. The van der Waals surface area contributed by atoms with Crippen LogP contribution in [0.3, 0.4) is 0 Å². The molecule has 0 bridgehead atoms. The minimum absolute atomic E-state index is 0.0385. The Kier molecular flexibility index (Phi) is 5.73. The van der Waals surface area contributed by atoms with Crippen LogP contribution in [0.1, 0.15) is 48.4 Å². The summed E-state index contributed by atoms with van der Waals surface area (Å²) < 4.78 is 11.0. The topological polar surface area (TPSA) is 72.9 Å². The van der Waals surface area contributed by atoms with Gasteiger partial charge < -0.3 is 9.47 Å². The average molecular weight is 395 g/mol. The van der Waals surface area contributed by atoms with E-state index < -0.39 is 23.8 Å². The van der Waals surface area contributed by atoms with Crippen molar-refractivity contribution in [1.29, 1.82) is 0 Å². The number of imide groups is 1. The van der Waals surface area contributed by atoms with E-state index in [0.717, 1.165) is 11.5 Å². The summed E-state index contributed by atoms with van der Waals surface area (Å²) in [7, 11) is 0. The van der Waals surface area contributed by atoms with E-state index in [1.165, 1.54) is 4.90 Å². The van der Waals surface area contributed by atoms with Gasteiger partial charge in [-0.05, 0) is 38.0 Å². The Labute approximate surface area is 170 Å². The number of esters is 1. The predicted octanol–water partition coefficient (Wildman–Crippen LogP) is 3.98. The molecule has 0 fully saturated rings. The summed E-state index contributed by atoms with van der Waals surface area (Å²) in [6, 6.07) is 8.20. The van der Waals surface area contributed by atoms with Crippen LogP contribution in [0.25, 0.3) is 10.8 Å². The van der Waals surface area contributed by atoms with Crippen molar-refractivity contribution in [1.82, 2.24) is 4.90 Å². The van der Waals surface area contributed by atoms with Crippen LogP contribution in [0.5, 0.6) is 5.75 Å². The summed E-state index contributed by atoms with van der Waals surface area (Å²) in [5.74, 6) is -0.864. The molecule has 2 aromatic carbocycles. The maximum atomic E-state index is 13.3. The molecule has 0 spiro atoms. The molecule has 0 aliphatic carbocycles. The molecule has 1 unspecified atom stereocenters. The Morgan fingerprint density at radius 3 is 2.31 bits per heavy atom. The van der Waals surface area contributed by atoms with E-state index in [9.17, 15) is 14.4 Å². The summed E-state index contributed by atoms with van der Waals surface area (Å²) in [4.78, 5) is 39.4. The van der Waals surface area contributed by atoms with Crippen molar-refractivity contribution >= 4 is 28.6 Å². The van der Waals surface area contributed by atoms with Crippen molar-refractivity contribution in [2.45, 2.75) is 39.8 Å². The molecule has 0 aromatic heterocycles. The van der Waals surface area contributed by atoms with Gasteiger partial charge in [0.25, 0.3) is 11.8 Å². The standard InChI is InChI=1S/C23H25NO5/c1-6-20(25)28-12-18(13(2)3)24-22(26)16-9-7-8-15-19(29-14(4)5)11-10-17(21(15)16)23(24)27/h6-11,13-14,18H,1,12H2,2-5H3. The fraction of sp³-hybridized carbons (Fsp3) is 0.348. The summed E-state index contributed by atoms with van der Waals surface area (Å²) in [6.45, 7) is 10.9. The summed E-state index contributed by atoms with van der Waals surface area (Å²) in [5.41, 5.74) is 0.874. The Hall–Kier alpha value is -3.15. The van der Waals surface area contributed by atoms with E-state index in [0.29, 0.717) is 22.3 Å². The van der Waals surface area contributed by atoms with Gasteiger partial charge in [-0.1, -0.05) is 32.6 Å². The van der Waals surface area contributed by atoms with Gasteiger partial charge in [-0.25, -0.2) is 4.79 Å². The van der Waals surface area contributed by atoms with Crippen LogP contribution in [-0.4, -0.2) is 41.4 Å². The monoisotopic (exact) mass is 395 g/mol. The highest BCUT2D eigenvalue weighted by Gasteiger charge is 2.39. The van der Waals surface area contributed by atoms with Crippen molar-refractivity contribution in [3.63, 3.8) is 0 Å². The normalized spacial score (nSPS) is 14.5. The summed E-state index contributed by atoms with van der Waals surface area (Å²) >= 11 is 0. The second kappa shape index (κ2) is 8.07. The molecule has 0 N–H and O–H groups in total. The maximum Gasteiger partial charge on any atom is 0.330 e. The van der Waals surface area contributed by atoms with Gasteiger partial charge in [0.2, 0.25) is 0 Å². The third kappa shape index (κ3) is 3.75. The predicted molar refractivity (Wildman–Crippen MR) is 110 cm³/mol. The lowest BCUT2D eigenvalue weighted by molar-refractivity contribution is -0.139. The van der Waals surface area contributed by atoms with Gasteiger partial charge in [0.15, 0.2) is 0 Å². The molecule has 152 valence electrons. The minimum Gasteiger partial charge on any atom is -0.490 e. The number of rotatable bonds is 7. The third-order valence-electron chi connectivity index (χ3n) is 4.93. The van der Waals surface area contributed by atoms with Gasteiger partial charge in [-0.15, -0.1) is 0 Å². The van der Waals surface area contributed by atoms with Crippen LogP contribution in [0, 0.1) is 5.92 Å². The van der Waals surface area contributed by atoms with Crippen LogP contribution >= 0.6 is 0 Å². The number of benzene rings is 2. The molecular weight excluding hydrogens is 370 g/mol. The highest BCUT2D eigenvalue weighted by molar-refractivity contribution is 6.26. The quantitative estimate of drug-likeness (QED) is 0.403. The van der Waals surface area contributed by atoms with Gasteiger partial charge in [0.05, 0.1) is 12.1 Å². The number of ether oxygens (including phenoxy) is 2. The SMILES string of the molecule is C=CC(=O)OCC(C(C)C)N1C(=O)c2cccc3c(OC(C)C)ccc(c23)C1=O. The molecule has 1 aliphatic heterocycles. The first-order valence-electron chi connectivity index (χ1n) is 9.65. The summed E-state index contributed by atoms with van der Waals surface area (Å²) in [6.07, 6.45) is 1.02. The lowest BCUT2D eigenvalue weighted by atomic mass is 9.91. The fourth-order valence-corrected chi connectivity index (χ4v) is 3.54. The molecule has 0 radical (unpaired) electrons. The van der Waals surface area contributed by atoms with Crippen molar-refractivity contribution in [3.05, 3.63) is 54.1 Å². The number of hydrogen-bond acceptors (Lipinski definition) is 5. The molecule has 2 aromatic rings. The zero-order chi connectivity index (χ0) is 21.3. The van der Waals surface area contributed by atoms with Gasteiger partial charge in [0, 0.05) is 28.0 Å². The van der Waals surface area contributed by atoms with E-state index in [2.05, 4.69) is 6.58 Å². The number of amides is 2. The minimum atomic E-state index is -0.592. The summed E-state index contributed by atoms with van der Waals surface area (Å²) in [5, 5.41) is 1.33. The molecule has 0 saturated heterocycles. The molecule has 1 heterocycles. The molecule has 6 nitrogen and oxygen atoms in total. The number of nitrogens with zero attached hydrogens (tertiary/aromatic N) is 1. The van der Waals surface area contributed by atoms with E-state index in [4.69, 9.17) is 9.47 Å². The molecule has 1 atom stereocenters. The first-order valence-corrected chi connectivity index (χ1v) is 9.65.